The molecule has 0 spiro atoms. The number of nitrogens with zero attached hydrogens (tertiary/aromatic N) is 4. The molecular weight excluding hydrogens is 453 g/mol. The van der Waals surface area contributed by atoms with Crippen LogP contribution in [0, 0.1) is 0 Å². The first-order valence-corrected chi connectivity index (χ1v) is 9.22. The van der Waals surface area contributed by atoms with E-state index in [9.17, 15) is 0 Å². The fourth-order valence-electron chi connectivity index (χ4n) is 3.57. The highest BCUT2D eigenvalue weighted by molar-refractivity contribution is 14.0. The van der Waals surface area contributed by atoms with E-state index in [-0.39, 0.29) is 24.0 Å². The Hall–Kier alpha value is -2.10. The van der Waals surface area contributed by atoms with E-state index < -0.39 is 0 Å². The van der Waals surface area contributed by atoms with Crippen molar-refractivity contribution in [3.05, 3.63) is 48.2 Å². The van der Waals surface area contributed by atoms with Crippen LogP contribution >= 0.6 is 24.0 Å². The van der Waals surface area contributed by atoms with Crippen molar-refractivity contribution in [1.82, 2.24) is 30.4 Å². The second-order valence-electron chi connectivity index (χ2n) is 6.70. The van der Waals surface area contributed by atoms with E-state index in [1.54, 1.807) is 6.33 Å². The van der Waals surface area contributed by atoms with Crippen LogP contribution in [0.2, 0.25) is 0 Å². The fraction of sp³-hybridized carbons (Fsp3) is 0.421. The summed E-state index contributed by atoms with van der Waals surface area (Å²) in [5.41, 5.74) is 2.58. The van der Waals surface area contributed by atoms with Crippen LogP contribution in [0.4, 0.5) is 0 Å². The van der Waals surface area contributed by atoms with Gasteiger partial charge in [-0.3, -0.25) is 4.99 Å². The molecule has 0 amide bonds. The Labute approximate surface area is 176 Å². The highest BCUT2D eigenvalue weighted by Gasteiger charge is 2.20. The highest BCUT2D eigenvalue weighted by atomic mass is 127. The lowest BCUT2D eigenvalue weighted by molar-refractivity contribution is 0.392. The van der Waals surface area contributed by atoms with Gasteiger partial charge in [0.1, 0.15) is 12.2 Å². The highest BCUT2D eigenvalue weighted by Crippen LogP contribution is 2.18. The maximum absolute atomic E-state index is 4.35. The van der Waals surface area contributed by atoms with Crippen LogP contribution in [-0.2, 0) is 19.4 Å². The van der Waals surface area contributed by atoms with Gasteiger partial charge in [-0.25, -0.2) is 9.67 Å². The van der Waals surface area contributed by atoms with Gasteiger partial charge in [0.2, 0.25) is 0 Å². The monoisotopic (exact) mass is 479 g/mol. The van der Waals surface area contributed by atoms with Gasteiger partial charge in [0.05, 0.1) is 6.54 Å². The van der Waals surface area contributed by atoms with Crippen LogP contribution in [0.3, 0.4) is 0 Å². The molecule has 3 aromatic rings. The van der Waals surface area contributed by atoms with Crippen molar-refractivity contribution in [2.45, 2.75) is 38.3 Å². The predicted octanol–water partition coefficient (Wildman–Crippen LogP) is 2.49. The summed E-state index contributed by atoms with van der Waals surface area (Å²) in [5, 5.41) is 12.5. The summed E-state index contributed by atoms with van der Waals surface area (Å²) in [5.74, 6) is 1.93. The second-order valence-corrected chi connectivity index (χ2v) is 6.70. The van der Waals surface area contributed by atoms with Crippen molar-refractivity contribution in [3.63, 3.8) is 0 Å². The molecule has 1 aliphatic heterocycles. The molecule has 0 bridgehead atoms. The topological polar surface area (TPSA) is 82.9 Å². The minimum Gasteiger partial charge on any atom is -0.361 e. The SMILES string of the molecule is CN=C(NCCCc1c[nH]c2ccccc12)NC1CCc2ncnn2C1.I. The summed E-state index contributed by atoms with van der Waals surface area (Å²) < 4.78 is 1.98. The predicted molar refractivity (Wildman–Crippen MR) is 119 cm³/mol. The summed E-state index contributed by atoms with van der Waals surface area (Å²) in [6.07, 6.45) is 7.86. The number of benzene rings is 1. The minimum atomic E-state index is 0. The fourth-order valence-corrected chi connectivity index (χ4v) is 3.57. The van der Waals surface area contributed by atoms with Gasteiger partial charge < -0.3 is 15.6 Å². The lowest BCUT2D eigenvalue weighted by Crippen LogP contribution is -2.47. The summed E-state index contributed by atoms with van der Waals surface area (Å²) in [6.45, 7) is 1.73. The summed E-state index contributed by atoms with van der Waals surface area (Å²) >= 11 is 0. The second kappa shape index (κ2) is 9.20. The largest absolute Gasteiger partial charge is 0.361 e. The minimum absolute atomic E-state index is 0. The number of guanidine groups is 1. The van der Waals surface area contributed by atoms with Crippen LogP contribution in [0.1, 0.15) is 24.2 Å². The van der Waals surface area contributed by atoms with Gasteiger partial charge in [-0.2, -0.15) is 5.10 Å². The van der Waals surface area contributed by atoms with Crippen molar-refractivity contribution >= 4 is 40.8 Å². The molecule has 8 heteroatoms. The zero-order valence-corrected chi connectivity index (χ0v) is 17.8. The Balaban J connectivity index is 0.00000210. The van der Waals surface area contributed by atoms with Gasteiger partial charge in [0.15, 0.2) is 5.96 Å². The molecule has 0 saturated carbocycles. The number of halogens is 1. The van der Waals surface area contributed by atoms with Crippen LogP contribution in [0.15, 0.2) is 41.8 Å². The first kappa shape index (κ1) is 19.7. The summed E-state index contributed by atoms with van der Waals surface area (Å²) in [4.78, 5) is 12.0. The Morgan fingerprint density at radius 3 is 3.15 bits per heavy atom. The smallest absolute Gasteiger partial charge is 0.191 e. The van der Waals surface area contributed by atoms with E-state index in [0.29, 0.717) is 6.04 Å². The van der Waals surface area contributed by atoms with E-state index >= 15 is 0 Å². The number of aryl methyl sites for hydroxylation is 2. The quantitative estimate of drug-likeness (QED) is 0.227. The van der Waals surface area contributed by atoms with Gasteiger partial charge in [-0.15, -0.1) is 24.0 Å². The summed E-state index contributed by atoms with van der Waals surface area (Å²) in [6, 6.07) is 8.79. The molecule has 27 heavy (non-hydrogen) atoms. The van der Waals surface area contributed by atoms with Crippen LogP contribution in [0.5, 0.6) is 0 Å². The third-order valence-corrected chi connectivity index (χ3v) is 4.96. The Bertz CT molecular complexity index is 898. The lowest BCUT2D eigenvalue weighted by Gasteiger charge is -2.25. The zero-order valence-electron chi connectivity index (χ0n) is 15.5. The normalized spacial score (nSPS) is 16.6. The van der Waals surface area contributed by atoms with E-state index in [4.69, 9.17) is 0 Å². The van der Waals surface area contributed by atoms with Crippen molar-refractivity contribution in [3.8, 4) is 0 Å². The molecule has 2 aromatic heterocycles. The average Bonchev–Trinajstić information content (AvgIpc) is 3.30. The standard InChI is InChI=1S/C19H25N7.HI/c1-20-19(25-15-8-9-18-23-13-24-26(18)12-15)21-10-4-5-14-11-22-17-7-3-2-6-16(14)17;/h2-3,6-7,11,13,15,22H,4-5,8-10,12H2,1H3,(H2,20,21,25);1H. The van der Waals surface area contributed by atoms with Crippen molar-refractivity contribution in [1.29, 1.82) is 0 Å². The number of nitrogens with one attached hydrogen (secondary N) is 3. The Morgan fingerprint density at radius 2 is 2.26 bits per heavy atom. The van der Waals surface area contributed by atoms with Gasteiger partial charge in [-0.05, 0) is 30.9 Å². The maximum Gasteiger partial charge on any atom is 0.191 e. The molecule has 0 saturated heterocycles. The van der Waals surface area contributed by atoms with Gasteiger partial charge in [0, 0.05) is 43.2 Å². The number of hydrogen-bond acceptors (Lipinski definition) is 3. The molecule has 3 N–H and O–H groups in total. The Kier molecular flexibility index (Phi) is 6.70. The van der Waals surface area contributed by atoms with Gasteiger partial charge in [0.25, 0.3) is 0 Å². The van der Waals surface area contributed by atoms with Crippen LogP contribution < -0.4 is 10.6 Å². The summed E-state index contributed by atoms with van der Waals surface area (Å²) in [7, 11) is 1.82. The molecule has 1 atom stereocenters. The number of aromatic nitrogens is 4. The van der Waals surface area contributed by atoms with E-state index in [1.807, 2.05) is 11.7 Å². The average molecular weight is 479 g/mol. The zero-order chi connectivity index (χ0) is 17.8. The maximum atomic E-state index is 4.35. The molecule has 3 heterocycles. The van der Waals surface area contributed by atoms with Gasteiger partial charge in [-0.1, -0.05) is 18.2 Å². The number of hydrogen-bond donors (Lipinski definition) is 3. The molecular formula is C19H26IN7. The number of rotatable bonds is 5. The van der Waals surface area contributed by atoms with Crippen LogP contribution in [0.25, 0.3) is 10.9 Å². The third-order valence-electron chi connectivity index (χ3n) is 4.96. The van der Waals surface area contributed by atoms with Crippen LogP contribution in [-0.4, -0.2) is 45.3 Å². The number of fused-ring (bicyclic) bond motifs is 2. The molecule has 1 aliphatic rings. The first-order chi connectivity index (χ1) is 12.8. The number of aromatic amines is 1. The van der Waals surface area contributed by atoms with Crippen molar-refractivity contribution in [2.75, 3.05) is 13.6 Å². The number of para-hydroxylation sites is 1. The molecule has 144 valence electrons. The molecule has 0 fully saturated rings. The van der Waals surface area contributed by atoms with E-state index in [0.717, 1.165) is 50.6 Å². The van der Waals surface area contributed by atoms with Crippen molar-refractivity contribution in [2.24, 2.45) is 4.99 Å². The molecule has 1 unspecified atom stereocenters. The molecule has 0 aliphatic carbocycles. The lowest BCUT2D eigenvalue weighted by atomic mass is 10.1. The van der Waals surface area contributed by atoms with E-state index in [1.165, 1.54) is 16.5 Å². The Morgan fingerprint density at radius 1 is 1.37 bits per heavy atom. The number of aliphatic imine (C=N–C) groups is 1. The molecule has 1 aromatic carbocycles. The van der Waals surface area contributed by atoms with Crippen molar-refractivity contribution < 1.29 is 0 Å². The van der Waals surface area contributed by atoms with E-state index in [2.05, 4.69) is 61.2 Å². The molecule has 7 nitrogen and oxygen atoms in total. The first-order valence-electron chi connectivity index (χ1n) is 9.22. The third kappa shape index (κ3) is 4.60. The van der Waals surface area contributed by atoms with Gasteiger partial charge >= 0.3 is 0 Å². The molecule has 0 radical (unpaired) electrons. The number of H-pyrrole nitrogens is 1. The molecule has 4 rings (SSSR count).